The van der Waals surface area contributed by atoms with E-state index in [1.165, 1.54) is 4.90 Å². The summed E-state index contributed by atoms with van der Waals surface area (Å²) < 4.78 is 0. The monoisotopic (exact) mass is 574 g/mol. The largest absolute Gasteiger partial charge is 0.510 e. The molecule has 9 nitrogen and oxygen atoms in total. The Kier molecular flexibility index (Phi) is 6.04. The average molecular weight is 575 g/mol. The Balaban J connectivity index is 1.52. The number of nitrogens with zero attached hydrogens (tertiary/aromatic N) is 1. The van der Waals surface area contributed by atoms with Crippen molar-refractivity contribution < 1.29 is 34.8 Å². The zero-order valence-corrected chi connectivity index (χ0v) is 22.9. The lowest BCUT2D eigenvalue weighted by Gasteiger charge is -2.50. The molecule has 3 aliphatic rings. The maximum absolute atomic E-state index is 14.0. The Bertz CT molecular complexity index is 1760. The molecule has 210 valence electrons. The molecule has 6 N–H and O–H groups in total. The molecule has 3 aliphatic carbocycles. The molecule has 3 aromatic carbocycles. The molecule has 41 heavy (non-hydrogen) atoms. The van der Waals surface area contributed by atoms with E-state index < -0.39 is 58.0 Å². The van der Waals surface area contributed by atoms with Gasteiger partial charge in [0.1, 0.15) is 22.8 Å². The quantitative estimate of drug-likeness (QED) is 0.296. The summed E-state index contributed by atoms with van der Waals surface area (Å²) in [7, 11) is 3.19. The van der Waals surface area contributed by atoms with Crippen LogP contribution in [0.5, 0.6) is 5.75 Å². The number of nitrogens with two attached hydrogens (primary N) is 1. The molecule has 0 spiro atoms. The van der Waals surface area contributed by atoms with Crippen LogP contribution < -0.4 is 5.73 Å². The van der Waals surface area contributed by atoms with Gasteiger partial charge in [0.15, 0.2) is 11.4 Å². The number of carbonyl (C=O) groups excluding carboxylic acids is 3. The van der Waals surface area contributed by atoms with Crippen LogP contribution in [0, 0.1) is 11.8 Å². The average Bonchev–Trinajstić information content (AvgIpc) is 2.90. The minimum atomic E-state index is -2.67. The van der Waals surface area contributed by atoms with Crippen molar-refractivity contribution in [2.24, 2.45) is 17.6 Å². The standard InChI is InChI=1S/C31H27ClN2O7/c1-34(2)24-20-12-17-10-16-9-15-4-3-14(13-5-7-18(32)8-6-13)11-19(15)25(35)21(16)26(36)22(17)28(38)31(20,41)29(39)23(27(24)37)30(33)40/h3-9,11,17,20,24,35,37-38,41H,10,12H2,1-2H3,(H2,33,40)/t17-,20-,24-,31-/m0/s1. The van der Waals surface area contributed by atoms with Gasteiger partial charge in [-0.05, 0) is 73.1 Å². The minimum absolute atomic E-state index is 0.0217. The van der Waals surface area contributed by atoms with Gasteiger partial charge in [-0.2, -0.15) is 0 Å². The van der Waals surface area contributed by atoms with E-state index >= 15 is 0 Å². The first kappa shape index (κ1) is 27.0. The highest BCUT2D eigenvalue weighted by Crippen LogP contribution is 2.52. The van der Waals surface area contributed by atoms with Gasteiger partial charge in [0.25, 0.3) is 5.91 Å². The van der Waals surface area contributed by atoms with Gasteiger partial charge in [-0.25, -0.2) is 0 Å². The Labute approximate surface area is 239 Å². The number of aromatic hydroxyl groups is 1. The second-order valence-corrected chi connectivity index (χ2v) is 11.6. The van der Waals surface area contributed by atoms with E-state index in [-0.39, 0.29) is 29.7 Å². The molecule has 3 aromatic rings. The Morgan fingerprint density at radius 2 is 1.68 bits per heavy atom. The van der Waals surface area contributed by atoms with Gasteiger partial charge < -0.3 is 26.2 Å². The van der Waals surface area contributed by atoms with Crippen LogP contribution in [0.1, 0.15) is 22.3 Å². The van der Waals surface area contributed by atoms with Crippen LogP contribution in [0.3, 0.4) is 0 Å². The lowest BCUT2D eigenvalue weighted by molar-refractivity contribution is -0.148. The fraction of sp³-hybridized carbons (Fsp3) is 0.258. The molecule has 10 heteroatoms. The van der Waals surface area contributed by atoms with Gasteiger partial charge in [0.05, 0.1) is 11.6 Å². The highest BCUT2D eigenvalue weighted by atomic mass is 35.5. The first-order valence-electron chi connectivity index (χ1n) is 13.1. The molecule has 0 unspecified atom stereocenters. The maximum atomic E-state index is 14.0. The highest BCUT2D eigenvalue weighted by molar-refractivity contribution is 6.30. The zero-order valence-electron chi connectivity index (χ0n) is 22.2. The van der Waals surface area contributed by atoms with Crippen LogP contribution in [-0.2, 0) is 16.0 Å². The summed E-state index contributed by atoms with van der Waals surface area (Å²) in [6.45, 7) is 0. The topological polar surface area (TPSA) is 161 Å². The molecule has 0 saturated heterocycles. The van der Waals surface area contributed by atoms with Crippen LogP contribution in [0.25, 0.3) is 21.9 Å². The van der Waals surface area contributed by atoms with Gasteiger partial charge in [0.2, 0.25) is 5.78 Å². The van der Waals surface area contributed by atoms with Crippen molar-refractivity contribution in [1.82, 2.24) is 4.90 Å². The van der Waals surface area contributed by atoms with Gasteiger partial charge >= 0.3 is 0 Å². The molecular formula is C31H27ClN2O7. The SMILES string of the molecule is CN(C)[C@@H]1C(O)=C(C(N)=O)C(=O)[C@@]2(O)C(O)=C3C(=O)c4c(cc5ccc(-c6ccc(Cl)cc6)cc5c4O)C[C@H]3C[C@@H]12. The third kappa shape index (κ3) is 3.73. The van der Waals surface area contributed by atoms with Crippen molar-refractivity contribution in [2.45, 2.75) is 24.5 Å². The van der Waals surface area contributed by atoms with E-state index in [2.05, 4.69) is 0 Å². The molecule has 1 amide bonds. The molecule has 0 fully saturated rings. The summed E-state index contributed by atoms with van der Waals surface area (Å²) in [4.78, 5) is 41.0. The number of carbonyl (C=O) groups is 3. The first-order chi connectivity index (χ1) is 19.4. The fourth-order valence-electron chi connectivity index (χ4n) is 6.84. The smallest absolute Gasteiger partial charge is 0.255 e. The van der Waals surface area contributed by atoms with E-state index in [0.29, 0.717) is 21.4 Å². The van der Waals surface area contributed by atoms with E-state index in [9.17, 15) is 34.8 Å². The molecular weight excluding hydrogens is 548 g/mol. The number of ketones is 2. The number of likely N-dealkylation sites (N-methyl/N-ethyl adjacent to an activating group) is 1. The Morgan fingerprint density at radius 1 is 1.02 bits per heavy atom. The third-order valence-corrected chi connectivity index (χ3v) is 8.96. The second-order valence-electron chi connectivity index (χ2n) is 11.2. The van der Waals surface area contributed by atoms with Gasteiger partial charge in [-0.3, -0.25) is 19.3 Å². The number of fused-ring (bicyclic) bond motifs is 4. The lowest BCUT2D eigenvalue weighted by Crippen LogP contribution is -2.63. The molecule has 0 radical (unpaired) electrons. The normalized spacial score (nSPS) is 25.8. The number of hydrogen-bond donors (Lipinski definition) is 5. The number of Topliss-reactive ketones (excluding diaryl/α,β-unsaturated/α-hetero) is 2. The highest BCUT2D eigenvalue weighted by Gasteiger charge is 2.63. The van der Waals surface area contributed by atoms with Crippen LogP contribution in [0.15, 0.2) is 71.2 Å². The number of rotatable bonds is 3. The molecule has 6 rings (SSSR count). The summed E-state index contributed by atoms with van der Waals surface area (Å²) in [5, 5.41) is 47.2. The molecule has 0 bridgehead atoms. The Morgan fingerprint density at radius 3 is 2.32 bits per heavy atom. The van der Waals surface area contributed by atoms with Crippen molar-refractivity contribution in [3.05, 3.63) is 87.3 Å². The molecule has 0 aliphatic heterocycles. The first-order valence-corrected chi connectivity index (χ1v) is 13.4. The number of phenols is 1. The number of benzene rings is 3. The number of hydrogen-bond acceptors (Lipinski definition) is 8. The molecule has 4 atom stereocenters. The zero-order chi connectivity index (χ0) is 29.5. The number of aliphatic hydroxyl groups is 3. The molecule has 0 heterocycles. The predicted octanol–water partition coefficient (Wildman–Crippen LogP) is 3.59. The summed E-state index contributed by atoms with van der Waals surface area (Å²) in [5.41, 5.74) is 3.88. The number of amides is 1. The number of allylic oxidation sites excluding steroid dienone is 1. The van der Waals surface area contributed by atoms with E-state index in [1.54, 1.807) is 32.3 Å². The summed E-state index contributed by atoms with van der Waals surface area (Å²) in [6.07, 6.45) is 0.275. The van der Waals surface area contributed by atoms with Crippen LogP contribution in [0.2, 0.25) is 5.02 Å². The maximum Gasteiger partial charge on any atom is 0.255 e. The van der Waals surface area contributed by atoms with E-state index in [4.69, 9.17) is 17.3 Å². The Hall–Kier alpha value is -4.18. The van der Waals surface area contributed by atoms with Gasteiger partial charge in [-0.15, -0.1) is 0 Å². The van der Waals surface area contributed by atoms with Crippen LogP contribution in [0.4, 0.5) is 0 Å². The number of aliphatic hydroxyl groups excluding tert-OH is 2. The van der Waals surface area contributed by atoms with Crippen molar-refractivity contribution in [3.8, 4) is 16.9 Å². The second kappa shape index (κ2) is 9.17. The minimum Gasteiger partial charge on any atom is -0.510 e. The predicted molar refractivity (Wildman–Crippen MR) is 152 cm³/mol. The van der Waals surface area contributed by atoms with Crippen molar-refractivity contribution in [1.29, 1.82) is 0 Å². The number of halogens is 1. The lowest BCUT2D eigenvalue weighted by atomic mass is 9.58. The number of phenolic OH excluding ortho intramolecular Hbond substituents is 1. The fourth-order valence-corrected chi connectivity index (χ4v) is 6.96. The summed E-state index contributed by atoms with van der Waals surface area (Å²) >= 11 is 6.02. The van der Waals surface area contributed by atoms with Crippen LogP contribution >= 0.6 is 11.6 Å². The van der Waals surface area contributed by atoms with Crippen molar-refractivity contribution in [2.75, 3.05) is 14.1 Å². The van der Waals surface area contributed by atoms with Gasteiger partial charge in [0, 0.05) is 21.9 Å². The van der Waals surface area contributed by atoms with Gasteiger partial charge in [-0.1, -0.05) is 41.9 Å². The third-order valence-electron chi connectivity index (χ3n) is 8.70. The number of primary amides is 1. The molecule has 0 aromatic heterocycles. The van der Waals surface area contributed by atoms with E-state index in [1.807, 2.05) is 30.3 Å². The molecule has 0 saturated carbocycles. The van der Waals surface area contributed by atoms with Crippen molar-refractivity contribution in [3.63, 3.8) is 0 Å². The van der Waals surface area contributed by atoms with E-state index in [0.717, 1.165) is 11.1 Å². The van der Waals surface area contributed by atoms with Crippen LogP contribution in [-0.4, -0.2) is 68.5 Å². The summed E-state index contributed by atoms with van der Waals surface area (Å²) in [5.74, 6) is -6.67. The van der Waals surface area contributed by atoms with Crippen molar-refractivity contribution >= 4 is 39.8 Å². The summed E-state index contributed by atoms with van der Waals surface area (Å²) in [6, 6.07) is 13.5.